The number of hydrogen-bond acceptors (Lipinski definition) is 2. The Morgan fingerprint density at radius 3 is 2.85 bits per heavy atom. The summed E-state index contributed by atoms with van der Waals surface area (Å²) in [4.78, 5) is 10.5. The number of aromatic carboxylic acids is 1. The lowest BCUT2D eigenvalue weighted by molar-refractivity contribution is 0.0696. The van der Waals surface area contributed by atoms with Gasteiger partial charge in [0.2, 0.25) is 6.17 Å². The van der Waals surface area contributed by atoms with Crippen molar-refractivity contribution in [2.24, 2.45) is 0 Å². The highest BCUT2D eigenvalue weighted by Crippen LogP contribution is 2.17. The second-order valence-corrected chi connectivity index (χ2v) is 2.42. The molecule has 1 rings (SSSR count). The molecular formula is C9H6FNO2. The van der Waals surface area contributed by atoms with E-state index in [0.717, 1.165) is 6.07 Å². The van der Waals surface area contributed by atoms with Crippen molar-refractivity contribution < 1.29 is 14.3 Å². The highest BCUT2D eigenvalue weighted by atomic mass is 19.1. The average Bonchev–Trinajstić information content (AvgIpc) is 2.17. The smallest absolute Gasteiger partial charge is 0.335 e. The van der Waals surface area contributed by atoms with Crippen LogP contribution in [0.1, 0.15) is 22.1 Å². The largest absolute Gasteiger partial charge is 0.478 e. The minimum atomic E-state index is -1.76. The van der Waals surface area contributed by atoms with E-state index in [-0.39, 0.29) is 11.1 Å². The lowest BCUT2D eigenvalue weighted by atomic mass is 10.1. The molecule has 0 amide bonds. The number of rotatable bonds is 2. The molecule has 0 bridgehead atoms. The first-order chi connectivity index (χ1) is 6.15. The topological polar surface area (TPSA) is 61.1 Å². The Kier molecular flexibility index (Phi) is 2.60. The SMILES string of the molecule is N#CC(F)c1cccc(C(=O)O)c1. The number of hydrogen-bond donors (Lipinski definition) is 1. The van der Waals surface area contributed by atoms with Gasteiger partial charge in [-0.2, -0.15) is 5.26 Å². The third kappa shape index (κ3) is 2.03. The van der Waals surface area contributed by atoms with E-state index in [9.17, 15) is 9.18 Å². The fourth-order valence-electron chi connectivity index (χ4n) is 0.904. The number of nitriles is 1. The minimum absolute atomic E-state index is 0.0181. The molecular weight excluding hydrogens is 173 g/mol. The van der Waals surface area contributed by atoms with E-state index in [2.05, 4.69) is 0 Å². The van der Waals surface area contributed by atoms with Gasteiger partial charge >= 0.3 is 5.97 Å². The van der Waals surface area contributed by atoms with Crippen LogP contribution >= 0.6 is 0 Å². The normalized spacial score (nSPS) is 11.7. The van der Waals surface area contributed by atoms with Crippen LogP contribution in [0.2, 0.25) is 0 Å². The highest BCUT2D eigenvalue weighted by molar-refractivity contribution is 5.87. The van der Waals surface area contributed by atoms with E-state index in [1.54, 1.807) is 0 Å². The molecule has 0 aliphatic heterocycles. The molecule has 0 fully saturated rings. The van der Waals surface area contributed by atoms with Crippen LogP contribution in [-0.2, 0) is 0 Å². The Morgan fingerprint density at radius 1 is 1.62 bits per heavy atom. The number of carboxylic acid groups (broad SMARTS) is 1. The maximum atomic E-state index is 12.8. The summed E-state index contributed by atoms with van der Waals surface area (Å²) in [5.41, 5.74) is 0.0535. The molecule has 1 aromatic carbocycles. The lowest BCUT2D eigenvalue weighted by Crippen LogP contribution is -1.97. The second kappa shape index (κ2) is 3.68. The summed E-state index contributed by atoms with van der Waals surface area (Å²) in [6.45, 7) is 0. The van der Waals surface area contributed by atoms with Crippen molar-refractivity contribution in [2.45, 2.75) is 6.17 Å². The Bertz CT molecular complexity index is 370. The monoisotopic (exact) mass is 179 g/mol. The van der Waals surface area contributed by atoms with E-state index >= 15 is 0 Å². The maximum Gasteiger partial charge on any atom is 0.335 e. The molecule has 0 saturated carbocycles. The van der Waals surface area contributed by atoms with Crippen molar-refractivity contribution in [1.82, 2.24) is 0 Å². The number of halogens is 1. The molecule has 1 atom stereocenters. The molecule has 0 aliphatic rings. The summed E-state index contributed by atoms with van der Waals surface area (Å²) in [6.07, 6.45) is -1.76. The molecule has 66 valence electrons. The first-order valence-electron chi connectivity index (χ1n) is 3.52. The summed E-state index contributed by atoms with van der Waals surface area (Å²) in [5, 5.41) is 16.8. The Labute approximate surface area is 74.0 Å². The number of alkyl halides is 1. The van der Waals surface area contributed by atoms with Gasteiger partial charge in [0.25, 0.3) is 0 Å². The number of nitrogens with zero attached hydrogens (tertiary/aromatic N) is 1. The van der Waals surface area contributed by atoms with Crippen LogP contribution in [0.15, 0.2) is 24.3 Å². The van der Waals surface area contributed by atoms with Crippen molar-refractivity contribution in [2.75, 3.05) is 0 Å². The zero-order chi connectivity index (χ0) is 9.84. The predicted octanol–water partition coefficient (Wildman–Crippen LogP) is 1.92. The molecule has 0 saturated heterocycles. The Hall–Kier alpha value is -1.89. The van der Waals surface area contributed by atoms with Crippen LogP contribution in [0, 0.1) is 11.3 Å². The summed E-state index contributed by atoms with van der Waals surface area (Å²) < 4.78 is 12.8. The minimum Gasteiger partial charge on any atom is -0.478 e. The van der Waals surface area contributed by atoms with Crippen LogP contribution in [0.25, 0.3) is 0 Å². The van der Waals surface area contributed by atoms with Gasteiger partial charge in [0, 0.05) is 5.56 Å². The van der Waals surface area contributed by atoms with Gasteiger partial charge in [-0.3, -0.25) is 0 Å². The van der Waals surface area contributed by atoms with Crippen molar-refractivity contribution in [3.8, 4) is 6.07 Å². The van der Waals surface area contributed by atoms with Gasteiger partial charge in [0.1, 0.15) is 6.07 Å². The van der Waals surface area contributed by atoms with Crippen molar-refractivity contribution >= 4 is 5.97 Å². The molecule has 1 unspecified atom stereocenters. The first-order valence-corrected chi connectivity index (χ1v) is 3.52. The fourth-order valence-corrected chi connectivity index (χ4v) is 0.904. The third-order valence-corrected chi connectivity index (χ3v) is 1.54. The van der Waals surface area contributed by atoms with Crippen LogP contribution in [0.5, 0.6) is 0 Å². The number of carboxylic acids is 1. The lowest BCUT2D eigenvalue weighted by Gasteiger charge is -2.00. The molecule has 0 heterocycles. The number of benzene rings is 1. The molecule has 1 aromatic rings. The van der Waals surface area contributed by atoms with Gasteiger partial charge in [0.15, 0.2) is 0 Å². The van der Waals surface area contributed by atoms with E-state index in [1.165, 1.54) is 24.3 Å². The zero-order valence-electron chi connectivity index (χ0n) is 6.57. The van der Waals surface area contributed by atoms with Gasteiger partial charge in [0.05, 0.1) is 5.56 Å². The van der Waals surface area contributed by atoms with E-state index in [0.29, 0.717) is 0 Å². The van der Waals surface area contributed by atoms with Crippen molar-refractivity contribution in [3.05, 3.63) is 35.4 Å². The predicted molar refractivity (Wildman–Crippen MR) is 42.9 cm³/mol. The van der Waals surface area contributed by atoms with Crippen molar-refractivity contribution in [3.63, 3.8) is 0 Å². The highest BCUT2D eigenvalue weighted by Gasteiger charge is 2.10. The van der Waals surface area contributed by atoms with Crippen LogP contribution in [0.4, 0.5) is 4.39 Å². The van der Waals surface area contributed by atoms with Gasteiger partial charge in [-0.05, 0) is 12.1 Å². The summed E-state index contributed by atoms with van der Waals surface area (Å²) in [7, 11) is 0. The Morgan fingerprint density at radius 2 is 2.31 bits per heavy atom. The van der Waals surface area contributed by atoms with Crippen LogP contribution in [-0.4, -0.2) is 11.1 Å². The third-order valence-electron chi connectivity index (χ3n) is 1.54. The van der Waals surface area contributed by atoms with Crippen molar-refractivity contribution in [1.29, 1.82) is 5.26 Å². The van der Waals surface area contributed by atoms with Gasteiger partial charge < -0.3 is 5.11 Å². The van der Waals surface area contributed by atoms with Gasteiger partial charge in [-0.25, -0.2) is 9.18 Å². The maximum absolute atomic E-state index is 12.8. The quantitative estimate of drug-likeness (QED) is 0.754. The zero-order valence-corrected chi connectivity index (χ0v) is 6.57. The molecule has 1 N–H and O–H groups in total. The van der Waals surface area contributed by atoms with E-state index in [4.69, 9.17) is 10.4 Å². The van der Waals surface area contributed by atoms with Gasteiger partial charge in [-0.1, -0.05) is 12.1 Å². The Balaban J connectivity index is 3.07. The molecule has 13 heavy (non-hydrogen) atoms. The standard InChI is InChI=1S/C9H6FNO2/c10-8(5-11)6-2-1-3-7(4-6)9(12)13/h1-4,8H,(H,12,13). The summed E-state index contributed by atoms with van der Waals surface area (Å²) in [6, 6.07) is 6.66. The molecule has 0 radical (unpaired) electrons. The second-order valence-electron chi connectivity index (χ2n) is 2.42. The molecule has 0 aliphatic carbocycles. The molecule has 0 aromatic heterocycles. The van der Waals surface area contributed by atoms with Crippen LogP contribution in [0.3, 0.4) is 0 Å². The molecule has 3 nitrogen and oxygen atoms in total. The summed E-state index contributed by atoms with van der Waals surface area (Å²) in [5.74, 6) is -1.13. The average molecular weight is 179 g/mol. The van der Waals surface area contributed by atoms with E-state index < -0.39 is 12.1 Å². The van der Waals surface area contributed by atoms with Gasteiger partial charge in [-0.15, -0.1) is 0 Å². The fraction of sp³-hybridized carbons (Fsp3) is 0.111. The first kappa shape index (κ1) is 9.20. The van der Waals surface area contributed by atoms with Crippen LogP contribution < -0.4 is 0 Å². The number of carbonyl (C=O) groups is 1. The van der Waals surface area contributed by atoms with E-state index in [1.807, 2.05) is 0 Å². The molecule has 0 spiro atoms. The molecule has 4 heteroatoms. The summed E-state index contributed by atoms with van der Waals surface area (Å²) >= 11 is 0.